The van der Waals surface area contributed by atoms with Gasteiger partial charge in [0.25, 0.3) is 0 Å². The molecule has 142 valence electrons. The molecule has 1 fully saturated rings. The summed E-state index contributed by atoms with van der Waals surface area (Å²) >= 11 is 0. The van der Waals surface area contributed by atoms with E-state index >= 15 is 0 Å². The number of methoxy groups -OCH3 is 1. The third-order valence-corrected chi connectivity index (χ3v) is 6.84. The second-order valence-corrected chi connectivity index (χ2v) is 8.72. The molecular weight excluding hydrogens is 362 g/mol. The summed E-state index contributed by atoms with van der Waals surface area (Å²) in [6.07, 6.45) is 0. The molecule has 1 aliphatic rings. The van der Waals surface area contributed by atoms with E-state index in [9.17, 15) is 8.42 Å². The average molecular weight is 386 g/mol. The first-order valence-corrected chi connectivity index (χ1v) is 10.4. The fraction of sp³-hybridized carbons (Fsp3) is 0.350. The molecule has 2 aromatic rings. The number of hydrogen-bond acceptors (Lipinski definition) is 4. The molecule has 1 aliphatic heterocycles. The molecule has 3 rings (SSSR count). The second-order valence-electron chi connectivity index (χ2n) is 6.78. The summed E-state index contributed by atoms with van der Waals surface area (Å²) in [6, 6.07) is 14.2. The van der Waals surface area contributed by atoms with E-state index in [0.717, 1.165) is 30.9 Å². The Bertz CT molecular complexity index is 941. The van der Waals surface area contributed by atoms with Crippen LogP contribution in [0.25, 0.3) is 0 Å². The van der Waals surface area contributed by atoms with Crippen LogP contribution >= 0.6 is 0 Å². The molecule has 0 amide bonds. The largest absolute Gasteiger partial charge is 0.496 e. The Morgan fingerprint density at radius 2 is 1.81 bits per heavy atom. The predicted molar refractivity (Wildman–Crippen MR) is 102 cm³/mol. The van der Waals surface area contributed by atoms with E-state index < -0.39 is 10.0 Å². The number of aryl methyl sites for hydroxylation is 1. The highest BCUT2D eigenvalue weighted by Gasteiger charge is 2.30. The van der Waals surface area contributed by atoms with Gasteiger partial charge in [-0.05, 0) is 43.3 Å². The third-order valence-electron chi connectivity index (χ3n) is 4.93. The summed E-state index contributed by atoms with van der Waals surface area (Å²) in [5.41, 5.74) is 2.79. The smallest absolute Gasteiger partial charge is 0.243 e. The van der Waals surface area contributed by atoms with E-state index in [-0.39, 0.29) is 4.90 Å². The highest BCUT2D eigenvalue weighted by atomic mass is 32.2. The molecule has 0 aromatic heterocycles. The number of nitrogens with one attached hydrogen (secondary N) is 1. The van der Waals surface area contributed by atoms with Crippen LogP contribution in [-0.2, 0) is 16.6 Å². The van der Waals surface area contributed by atoms with Crippen molar-refractivity contribution < 1.29 is 18.1 Å². The molecule has 0 radical (unpaired) electrons. The maximum absolute atomic E-state index is 12.8. The van der Waals surface area contributed by atoms with E-state index in [1.807, 2.05) is 18.2 Å². The van der Waals surface area contributed by atoms with Crippen LogP contribution in [-0.4, -0.2) is 46.0 Å². The summed E-state index contributed by atoms with van der Waals surface area (Å²) in [7, 11) is -1.84. The molecule has 1 heterocycles. The first-order chi connectivity index (χ1) is 12.9. The first kappa shape index (κ1) is 19.4. The lowest BCUT2D eigenvalue weighted by Crippen LogP contribution is -3.13. The minimum Gasteiger partial charge on any atom is -0.496 e. The van der Waals surface area contributed by atoms with Crippen LogP contribution in [0.1, 0.15) is 16.7 Å². The predicted octanol–water partition coefficient (Wildman–Crippen LogP) is 0.965. The van der Waals surface area contributed by atoms with Gasteiger partial charge in [-0.2, -0.15) is 9.57 Å². The molecule has 1 saturated heterocycles. The molecule has 0 bridgehead atoms. The van der Waals surface area contributed by atoms with Crippen LogP contribution in [0.2, 0.25) is 0 Å². The highest BCUT2D eigenvalue weighted by Crippen LogP contribution is 2.19. The minimum absolute atomic E-state index is 0.241. The summed E-state index contributed by atoms with van der Waals surface area (Å²) < 4.78 is 32.6. The number of rotatable bonds is 5. The molecule has 0 unspecified atom stereocenters. The van der Waals surface area contributed by atoms with E-state index in [4.69, 9.17) is 10.00 Å². The zero-order valence-electron chi connectivity index (χ0n) is 15.6. The number of nitriles is 1. The van der Waals surface area contributed by atoms with Crippen molar-refractivity contribution in [2.24, 2.45) is 0 Å². The zero-order valence-corrected chi connectivity index (χ0v) is 16.4. The summed E-state index contributed by atoms with van der Waals surface area (Å²) in [5, 5.41) is 8.86. The monoisotopic (exact) mass is 386 g/mol. The molecule has 0 spiro atoms. The quantitative estimate of drug-likeness (QED) is 0.831. The van der Waals surface area contributed by atoms with Crippen molar-refractivity contribution in [2.75, 3.05) is 33.3 Å². The second kappa shape index (κ2) is 8.09. The van der Waals surface area contributed by atoms with Crippen molar-refractivity contribution in [3.63, 3.8) is 0 Å². The van der Waals surface area contributed by atoms with Gasteiger partial charge in [0.2, 0.25) is 10.0 Å². The minimum atomic E-state index is -3.52. The van der Waals surface area contributed by atoms with Gasteiger partial charge in [-0.1, -0.05) is 11.6 Å². The van der Waals surface area contributed by atoms with Crippen LogP contribution in [0.3, 0.4) is 0 Å². The van der Waals surface area contributed by atoms with Crippen LogP contribution < -0.4 is 9.64 Å². The van der Waals surface area contributed by atoms with Crippen molar-refractivity contribution >= 4 is 10.0 Å². The lowest BCUT2D eigenvalue weighted by Gasteiger charge is -2.31. The van der Waals surface area contributed by atoms with Gasteiger partial charge < -0.3 is 9.64 Å². The molecule has 0 aliphatic carbocycles. The fourth-order valence-corrected chi connectivity index (χ4v) is 4.83. The fourth-order valence-electron chi connectivity index (χ4n) is 3.38. The van der Waals surface area contributed by atoms with Crippen molar-refractivity contribution in [3.05, 3.63) is 59.2 Å². The molecule has 2 aromatic carbocycles. The molecule has 6 nitrogen and oxygen atoms in total. The Morgan fingerprint density at radius 1 is 1.15 bits per heavy atom. The van der Waals surface area contributed by atoms with E-state index in [1.54, 1.807) is 19.2 Å². The number of benzene rings is 2. The van der Waals surface area contributed by atoms with Crippen LogP contribution in [0.4, 0.5) is 0 Å². The van der Waals surface area contributed by atoms with Crippen LogP contribution in [0, 0.1) is 18.3 Å². The van der Waals surface area contributed by atoms with Gasteiger partial charge >= 0.3 is 0 Å². The summed E-state index contributed by atoms with van der Waals surface area (Å²) in [4.78, 5) is 1.58. The Hall–Kier alpha value is -2.40. The Balaban J connectivity index is 1.66. The lowest BCUT2D eigenvalue weighted by atomic mass is 10.1. The Labute approximate surface area is 160 Å². The van der Waals surface area contributed by atoms with E-state index in [0.29, 0.717) is 18.7 Å². The Kier molecular flexibility index (Phi) is 5.80. The van der Waals surface area contributed by atoms with Gasteiger partial charge in [-0.15, -0.1) is 0 Å². The van der Waals surface area contributed by atoms with Gasteiger partial charge in [0, 0.05) is 5.56 Å². The van der Waals surface area contributed by atoms with Gasteiger partial charge in [0.1, 0.15) is 12.3 Å². The molecule has 7 heteroatoms. The summed E-state index contributed by atoms with van der Waals surface area (Å²) in [6.45, 7) is 5.31. The van der Waals surface area contributed by atoms with Crippen molar-refractivity contribution in [2.45, 2.75) is 18.4 Å². The third kappa shape index (κ3) is 4.30. The number of piperazine rings is 1. The van der Waals surface area contributed by atoms with Crippen molar-refractivity contribution in [1.82, 2.24) is 4.31 Å². The first-order valence-electron chi connectivity index (χ1n) is 8.91. The van der Waals surface area contributed by atoms with Gasteiger partial charge in [0.15, 0.2) is 0 Å². The van der Waals surface area contributed by atoms with Crippen molar-refractivity contribution in [1.29, 1.82) is 5.26 Å². The van der Waals surface area contributed by atoms with Crippen LogP contribution in [0.15, 0.2) is 47.4 Å². The molecular formula is C20H24N3O3S+. The number of sulfonamides is 1. The maximum atomic E-state index is 12.8. The van der Waals surface area contributed by atoms with Gasteiger partial charge in [-0.3, -0.25) is 0 Å². The molecule has 1 N–H and O–H groups in total. The normalized spacial score (nSPS) is 16.0. The maximum Gasteiger partial charge on any atom is 0.243 e. The van der Waals surface area contributed by atoms with Crippen molar-refractivity contribution in [3.8, 4) is 11.8 Å². The average Bonchev–Trinajstić information content (AvgIpc) is 2.68. The topological polar surface area (TPSA) is 74.8 Å². The number of nitrogens with zero attached hydrogens (tertiary/aromatic N) is 2. The van der Waals surface area contributed by atoms with E-state index in [2.05, 4.69) is 13.0 Å². The standard InChI is InChI=1S/C20H23N3O3S/c1-16-3-8-20(26-2)18(13-16)15-22-9-11-23(12-10-22)27(24,25)19-6-4-17(14-21)5-7-19/h3-8,13H,9-12,15H2,1-2H3/p+1. The van der Waals surface area contributed by atoms with Gasteiger partial charge in [-0.25, -0.2) is 8.42 Å². The molecule has 27 heavy (non-hydrogen) atoms. The zero-order chi connectivity index (χ0) is 19.4. The molecule has 0 saturated carbocycles. The summed E-state index contributed by atoms with van der Waals surface area (Å²) in [5.74, 6) is 0.876. The van der Waals surface area contributed by atoms with Crippen LogP contribution in [0.5, 0.6) is 5.75 Å². The number of ether oxygens (including phenoxy) is 1. The number of hydrogen-bond donors (Lipinski definition) is 1. The molecule has 0 atom stereocenters. The van der Waals surface area contributed by atoms with Gasteiger partial charge in [0.05, 0.1) is 49.8 Å². The SMILES string of the molecule is COc1ccc(C)cc1C[NH+]1CCN(S(=O)(=O)c2ccc(C#N)cc2)CC1. The number of quaternary nitrogens is 1. The van der Waals surface area contributed by atoms with E-state index in [1.165, 1.54) is 26.9 Å². The Morgan fingerprint density at radius 3 is 2.41 bits per heavy atom. The highest BCUT2D eigenvalue weighted by molar-refractivity contribution is 7.89. The lowest BCUT2D eigenvalue weighted by molar-refractivity contribution is -0.917.